The van der Waals surface area contributed by atoms with Gasteiger partial charge in [-0.15, -0.1) is 0 Å². The summed E-state index contributed by atoms with van der Waals surface area (Å²) in [5.41, 5.74) is 1.10. The number of fused-ring (bicyclic) bond motifs is 1. The maximum atomic E-state index is 12.4. The first-order valence-electron chi connectivity index (χ1n) is 6.85. The van der Waals surface area contributed by atoms with Crippen LogP contribution in [0.3, 0.4) is 0 Å². The Morgan fingerprint density at radius 3 is 2.70 bits per heavy atom. The van der Waals surface area contributed by atoms with Crippen LogP contribution in [0.15, 0.2) is 34.9 Å². The number of aromatic nitrogens is 1. The van der Waals surface area contributed by atoms with Crippen LogP contribution >= 0.6 is 15.9 Å². The summed E-state index contributed by atoms with van der Waals surface area (Å²) in [7, 11) is 2.10. The number of nitrogens with zero attached hydrogens (tertiary/aromatic N) is 3. The van der Waals surface area contributed by atoms with Crippen molar-refractivity contribution in [3.63, 3.8) is 0 Å². The Balaban J connectivity index is 1.76. The van der Waals surface area contributed by atoms with Gasteiger partial charge in [0.1, 0.15) is 6.54 Å². The summed E-state index contributed by atoms with van der Waals surface area (Å²) in [6, 6.07) is 8.13. The van der Waals surface area contributed by atoms with E-state index in [1.807, 2.05) is 27.8 Å². The molecule has 106 valence electrons. The monoisotopic (exact) mass is 335 g/mol. The fourth-order valence-corrected chi connectivity index (χ4v) is 3.11. The van der Waals surface area contributed by atoms with Gasteiger partial charge in [0, 0.05) is 47.8 Å². The van der Waals surface area contributed by atoms with Gasteiger partial charge in [-0.3, -0.25) is 4.79 Å². The summed E-state index contributed by atoms with van der Waals surface area (Å²) in [6.45, 7) is 4.01. The molecule has 2 aromatic rings. The lowest BCUT2D eigenvalue weighted by Gasteiger charge is -2.32. The maximum absolute atomic E-state index is 12.4. The summed E-state index contributed by atoms with van der Waals surface area (Å²) in [5.74, 6) is 0.204. The minimum atomic E-state index is 0.204. The van der Waals surface area contributed by atoms with E-state index in [1.165, 1.54) is 0 Å². The summed E-state index contributed by atoms with van der Waals surface area (Å²) < 4.78 is 3.10. The normalized spacial score (nSPS) is 16.8. The van der Waals surface area contributed by atoms with Gasteiger partial charge in [0.2, 0.25) is 5.91 Å². The highest BCUT2D eigenvalue weighted by molar-refractivity contribution is 9.10. The number of hydrogen-bond acceptors (Lipinski definition) is 2. The third-order valence-corrected chi connectivity index (χ3v) is 4.61. The van der Waals surface area contributed by atoms with Gasteiger partial charge in [-0.05, 0) is 25.2 Å². The number of piperazine rings is 1. The maximum Gasteiger partial charge on any atom is 0.242 e. The Bertz CT molecular complexity index is 629. The molecule has 1 amide bonds. The quantitative estimate of drug-likeness (QED) is 0.841. The first-order valence-corrected chi connectivity index (χ1v) is 7.64. The van der Waals surface area contributed by atoms with Crippen molar-refractivity contribution in [3.05, 3.63) is 34.9 Å². The van der Waals surface area contributed by atoms with Crippen LogP contribution in [0.25, 0.3) is 10.9 Å². The second-order valence-electron chi connectivity index (χ2n) is 5.30. The predicted octanol–water partition coefficient (Wildman–Crippen LogP) is 2.18. The van der Waals surface area contributed by atoms with Crippen molar-refractivity contribution in [3.8, 4) is 0 Å². The van der Waals surface area contributed by atoms with Gasteiger partial charge in [-0.1, -0.05) is 22.0 Å². The summed E-state index contributed by atoms with van der Waals surface area (Å²) in [5, 5.41) is 1.15. The van der Waals surface area contributed by atoms with Gasteiger partial charge in [-0.2, -0.15) is 0 Å². The molecule has 0 saturated carbocycles. The molecular formula is C15H18BrN3O. The fourth-order valence-electron chi connectivity index (χ4n) is 2.63. The third-order valence-electron chi connectivity index (χ3n) is 3.92. The number of carbonyl (C=O) groups excluding carboxylic acids is 1. The van der Waals surface area contributed by atoms with Crippen LogP contribution in [-0.4, -0.2) is 53.5 Å². The van der Waals surface area contributed by atoms with E-state index in [9.17, 15) is 4.79 Å². The predicted molar refractivity (Wildman–Crippen MR) is 83.7 cm³/mol. The van der Waals surface area contributed by atoms with Crippen molar-refractivity contribution in [1.82, 2.24) is 14.4 Å². The zero-order chi connectivity index (χ0) is 14.1. The average Bonchev–Trinajstić information content (AvgIpc) is 2.84. The van der Waals surface area contributed by atoms with Crippen LogP contribution in [0.4, 0.5) is 0 Å². The van der Waals surface area contributed by atoms with E-state index in [2.05, 4.69) is 40.0 Å². The van der Waals surface area contributed by atoms with E-state index in [0.717, 1.165) is 41.6 Å². The second kappa shape index (κ2) is 5.58. The van der Waals surface area contributed by atoms with Gasteiger partial charge in [0.15, 0.2) is 0 Å². The number of halogens is 1. The molecule has 0 aliphatic carbocycles. The van der Waals surface area contributed by atoms with Crippen LogP contribution in [0, 0.1) is 0 Å². The van der Waals surface area contributed by atoms with E-state index in [1.54, 1.807) is 0 Å². The highest BCUT2D eigenvalue weighted by atomic mass is 79.9. The van der Waals surface area contributed by atoms with Crippen LogP contribution in [0.2, 0.25) is 0 Å². The van der Waals surface area contributed by atoms with E-state index in [4.69, 9.17) is 0 Å². The molecule has 1 aliphatic rings. The van der Waals surface area contributed by atoms with E-state index in [0.29, 0.717) is 6.54 Å². The molecule has 3 rings (SSSR count). The van der Waals surface area contributed by atoms with Crippen LogP contribution in [0.1, 0.15) is 0 Å². The molecule has 0 atom stereocenters. The van der Waals surface area contributed by atoms with Gasteiger partial charge in [-0.25, -0.2) is 0 Å². The molecule has 1 aliphatic heterocycles. The summed E-state index contributed by atoms with van der Waals surface area (Å²) in [6.07, 6.45) is 1.99. The Morgan fingerprint density at radius 2 is 1.95 bits per heavy atom. The molecule has 1 aromatic heterocycles. The minimum Gasteiger partial charge on any atom is -0.339 e. The van der Waals surface area contributed by atoms with Gasteiger partial charge in [0.05, 0.1) is 0 Å². The molecule has 2 heterocycles. The van der Waals surface area contributed by atoms with Crippen LogP contribution in [-0.2, 0) is 11.3 Å². The molecule has 4 nitrogen and oxygen atoms in total. The summed E-state index contributed by atoms with van der Waals surface area (Å²) in [4.78, 5) is 16.6. The fraction of sp³-hybridized carbons (Fsp3) is 0.400. The smallest absolute Gasteiger partial charge is 0.242 e. The van der Waals surface area contributed by atoms with Crippen LogP contribution in [0.5, 0.6) is 0 Å². The van der Waals surface area contributed by atoms with Gasteiger partial charge < -0.3 is 14.4 Å². The lowest BCUT2D eigenvalue weighted by Crippen LogP contribution is -2.48. The van der Waals surface area contributed by atoms with Crippen molar-refractivity contribution in [1.29, 1.82) is 0 Å². The molecular weight excluding hydrogens is 318 g/mol. The molecule has 1 saturated heterocycles. The third kappa shape index (κ3) is 2.60. The van der Waals surface area contributed by atoms with Crippen molar-refractivity contribution in [2.75, 3.05) is 33.2 Å². The Hall–Kier alpha value is -1.33. The number of likely N-dealkylation sites (N-methyl/N-ethyl adjacent to an activating group) is 1. The molecule has 1 aromatic carbocycles. The highest BCUT2D eigenvalue weighted by Gasteiger charge is 2.19. The summed E-state index contributed by atoms with van der Waals surface area (Å²) >= 11 is 3.55. The molecule has 20 heavy (non-hydrogen) atoms. The molecule has 0 N–H and O–H groups in total. The zero-order valence-electron chi connectivity index (χ0n) is 11.6. The topological polar surface area (TPSA) is 28.5 Å². The molecule has 0 spiro atoms. The molecule has 0 radical (unpaired) electrons. The standard InChI is InChI=1S/C15H18BrN3O/c1-17-7-9-18(10-8-17)15(20)11-19-6-5-12-13(16)3-2-4-14(12)19/h2-6H,7-11H2,1H3. The average molecular weight is 336 g/mol. The largest absolute Gasteiger partial charge is 0.339 e. The molecule has 0 bridgehead atoms. The highest BCUT2D eigenvalue weighted by Crippen LogP contribution is 2.24. The van der Waals surface area contributed by atoms with E-state index in [-0.39, 0.29) is 5.91 Å². The van der Waals surface area contributed by atoms with Crippen molar-refractivity contribution in [2.24, 2.45) is 0 Å². The number of amides is 1. The van der Waals surface area contributed by atoms with Gasteiger partial charge in [0.25, 0.3) is 0 Å². The van der Waals surface area contributed by atoms with Crippen LogP contribution < -0.4 is 0 Å². The Labute approximate surface area is 127 Å². The number of carbonyl (C=O) groups is 1. The minimum absolute atomic E-state index is 0.204. The Morgan fingerprint density at radius 1 is 1.20 bits per heavy atom. The zero-order valence-corrected chi connectivity index (χ0v) is 13.1. The van der Waals surface area contributed by atoms with E-state index >= 15 is 0 Å². The number of hydrogen-bond donors (Lipinski definition) is 0. The van der Waals surface area contributed by atoms with Crippen molar-refractivity contribution in [2.45, 2.75) is 6.54 Å². The molecule has 0 unspecified atom stereocenters. The first-order chi connectivity index (χ1) is 9.65. The van der Waals surface area contributed by atoms with Crippen molar-refractivity contribution < 1.29 is 4.79 Å². The lowest BCUT2D eigenvalue weighted by atomic mass is 10.2. The first kappa shape index (κ1) is 13.6. The van der Waals surface area contributed by atoms with Gasteiger partial charge >= 0.3 is 0 Å². The van der Waals surface area contributed by atoms with Crippen molar-refractivity contribution >= 4 is 32.7 Å². The molecule has 1 fully saturated rings. The lowest BCUT2D eigenvalue weighted by molar-refractivity contribution is -0.133. The Kier molecular flexibility index (Phi) is 3.81. The number of benzene rings is 1. The number of rotatable bonds is 2. The second-order valence-corrected chi connectivity index (χ2v) is 6.15. The SMILES string of the molecule is CN1CCN(C(=O)Cn2ccc3c(Br)cccc32)CC1. The van der Waals surface area contributed by atoms with E-state index < -0.39 is 0 Å². The molecule has 5 heteroatoms.